The predicted octanol–water partition coefficient (Wildman–Crippen LogP) is 3.20. The number of carbonyl (C=O) groups excluding carboxylic acids is 2. The molecule has 0 atom stereocenters. The van der Waals surface area contributed by atoms with E-state index in [2.05, 4.69) is 12.2 Å². The van der Waals surface area contributed by atoms with Crippen molar-refractivity contribution in [3.05, 3.63) is 28.8 Å². The number of likely N-dealkylation sites (tertiary alicyclic amines) is 1. The molecular formula is C18H25ClN2O3. The van der Waals surface area contributed by atoms with Crippen LogP contribution < -0.4 is 5.32 Å². The highest BCUT2D eigenvalue weighted by molar-refractivity contribution is 6.31. The molecule has 1 aromatic carbocycles. The average molecular weight is 353 g/mol. The molecule has 1 saturated heterocycles. The zero-order valence-corrected chi connectivity index (χ0v) is 14.8. The SMILES string of the molecule is CCCCCNC(=O)C1CCN(C(=O)c2cc(Cl)ccc2O)CC1. The van der Waals surface area contributed by atoms with E-state index in [1.165, 1.54) is 12.1 Å². The smallest absolute Gasteiger partial charge is 0.257 e. The zero-order valence-electron chi connectivity index (χ0n) is 14.1. The minimum absolute atomic E-state index is 0.0383. The van der Waals surface area contributed by atoms with E-state index in [0.717, 1.165) is 25.8 Å². The van der Waals surface area contributed by atoms with E-state index in [4.69, 9.17) is 11.6 Å². The van der Waals surface area contributed by atoms with Gasteiger partial charge in [0, 0.05) is 30.6 Å². The molecule has 0 bridgehead atoms. The van der Waals surface area contributed by atoms with E-state index in [0.29, 0.717) is 31.0 Å². The van der Waals surface area contributed by atoms with Crippen LogP contribution in [0.3, 0.4) is 0 Å². The first-order valence-electron chi connectivity index (χ1n) is 8.58. The Hall–Kier alpha value is -1.75. The Balaban J connectivity index is 1.85. The van der Waals surface area contributed by atoms with Crippen LogP contribution in [0.5, 0.6) is 5.75 Å². The molecule has 2 rings (SSSR count). The third kappa shape index (κ3) is 4.87. The fourth-order valence-corrected chi connectivity index (χ4v) is 3.10. The molecule has 0 radical (unpaired) electrons. The number of piperidine rings is 1. The number of halogens is 1. The number of carbonyl (C=O) groups is 2. The first-order valence-corrected chi connectivity index (χ1v) is 8.96. The Labute approximate surface area is 148 Å². The maximum atomic E-state index is 12.5. The van der Waals surface area contributed by atoms with E-state index in [1.807, 2.05) is 0 Å². The lowest BCUT2D eigenvalue weighted by molar-refractivity contribution is -0.126. The van der Waals surface area contributed by atoms with Crippen molar-refractivity contribution in [2.75, 3.05) is 19.6 Å². The highest BCUT2D eigenvalue weighted by Crippen LogP contribution is 2.25. The van der Waals surface area contributed by atoms with Gasteiger partial charge >= 0.3 is 0 Å². The molecule has 1 fully saturated rings. The summed E-state index contributed by atoms with van der Waals surface area (Å²) in [5, 5.41) is 13.2. The zero-order chi connectivity index (χ0) is 17.5. The predicted molar refractivity (Wildman–Crippen MR) is 94.3 cm³/mol. The first kappa shape index (κ1) is 18.6. The lowest BCUT2D eigenvalue weighted by Gasteiger charge is -2.31. The molecule has 0 unspecified atom stereocenters. The summed E-state index contributed by atoms with van der Waals surface area (Å²) in [6.07, 6.45) is 4.55. The minimum Gasteiger partial charge on any atom is -0.507 e. The maximum Gasteiger partial charge on any atom is 0.257 e. The van der Waals surface area contributed by atoms with Gasteiger partial charge in [-0.25, -0.2) is 0 Å². The number of amides is 2. The van der Waals surface area contributed by atoms with E-state index < -0.39 is 0 Å². The molecule has 1 aromatic rings. The summed E-state index contributed by atoms with van der Waals surface area (Å²) in [7, 11) is 0. The highest BCUT2D eigenvalue weighted by Gasteiger charge is 2.28. The first-order chi connectivity index (χ1) is 11.5. The summed E-state index contributed by atoms with van der Waals surface area (Å²) < 4.78 is 0. The second-order valence-corrected chi connectivity index (χ2v) is 6.66. The van der Waals surface area contributed by atoms with Gasteiger partial charge in [-0.2, -0.15) is 0 Å². The van der Waals surface area contributed by atoms with Gasteiger partial charge in [0.15, 0.2) is 0 Å². The third-order valence-corrected chi connectivity index (χ3v) is 4.66. The number of rotatable bonds is 6. The quantitative estimate of drug-likeness (QED) is 0.772. The van der Waals surface area contributed by atoms with Gasteiger partial charge < -0.3 is 15.3 Å². The van der Waals surface area contributed by atoms with Gasteiger partial charge in [0.05, 0.1) is 5.56 Å². The molecule has 0 aliphatic carbocycles. The third-order valence-electron chi connectivity index (χ3n) is 4.42. The molecule has 1 aliphatic heterocycles. The van der Waals surface area contributed by atoms with Crippen LogP contribution in [0.2, 0.25) is 5.02 Å². The Bertz CT molecular complexity index is 584. The Morgan fingerprint density at radius 3 is 2.67 bits per heavy atom. The average Bonchev–Trinajstić information content (AvgIpc) is 2.60. The lowest BCUT2D eigenvalue weighted by atomic mass is 9.95. The van der Waals surface area contributed by atoms with Gasteiger partial charge in [-0.3, -0.25) is 9.59 Å². The van der Waals surface area contributed by atoms with Gasteiger partial charge in [0.25, 0.3) is 5.91 Å². The second kappa shape index (κ2) is 8.92. The lowest BCUT2D eigenvalue weighted by Crippen LogP contribution is -2.43. The number of benzene rings is 1. The summed E-state index contributed by atoms with van der Waals surface area (Å²) in [5.74, 6) is -0.260. The van der Waals surface area contributed by atoms with Crippen molar-refractivity contribution in [1.82, 2.24) is 10.2 Å². The fourth-order valence-electron chi connectivity index (χ4n) is 2.93. The number of aromatic hydroxyl groups is 1. The molecule has 24 heavy (non-hydrogen) atoms. The van der Waals surface area contributed by atoms with Crippen molar-refractivity contribution in [2.24, 2.45) is 5.92 Å². The van der Waals surface area contributed by atoms with Crippen molar-refractivity contribution < 1.29 is 14.7 Å². The van der Waals surface area contributed by atoms with Crippen LogP contribution in [0.15, 0.2) is 18.2 Å². The normalized spacial score (nSPS) is 15.3. The molecule has 0 aromatic heterocycles. The second-order valence-electron chi connectivity index (χ2n) is 6.23. The number of phenols is 1. The molecule has 6 heteroatoms. The van der Waals surface area contributed by atoms with Crippen molar-refractivity contribution in [3.8, 4) is 5.75 Å². The summed E-state index contributed by atoms with van der Waals surface area (Å²) in [6.45, 7) is 3.88. The molecule has 1 heterocycles. The molecule has 2 amide bonds. The monoisotopic (exact) mass is 352 g/mol. The van der Waals surface area contributed by atoms with Crippen LogP contribution in [0.1, 0.15) is 49.4 Å². The van der Waals surface area contributed by atoms with Gasteiger partial charge in [-0.15, -0.1) is 0 Å². The molecule has 132 valence electrons. The van der Waals surface area contributed by atoms with Crippen LogP contribution in [0, 0.1) is 5.92 Å². The minimum atomic E-state index is -0.239. The molecular weight excluding hydrogens is 328 g/mol. The topological polar surface area (TPSA) is 69.6 Å². The number of phenolic OH excluding ortho intramolecular Hbond substituents is 1. The number of unbranched alkanes of at least 4 members (excludes halogenated alkanes) is 2. The summed E-state index contributed by atoms with van der Waals surface area (Å²) >= 11 is 5.90. The van der Waals surface area contributed by atoms with Crippen molar-refractivity contribution >= 4 is 23.4 Å². The Kier molecular flexibility index (Phi) is 6.91. The standard InChI is InChI=1S/C18H25ClN2O3/c1-2-3-4-9-20-17(23)13-7-10-21(11-8-13)18(24)15-12-14(19)5-6-16(15)22/h5-6,12-13,22H,2-4,7-11H2,1H3,(H,20,23). The Morgan fingerprint density at radius 1 is 1.29 bits per heavy atom. The van der Waals surface area contributed by atoms with E-state index in [-0.39, 0.29) is 29.0 Å². The molecule has 1 aliphatic rings. The van der Waals surface area contributed by atoms with Gasteiger partial charge in [0.2, 0.25) is 5.91 Å². The van der Waals surface area contributed by atoms with E-state index in [9.17, 15) is 14.7 Å². The molecule has 0 spiro atoms. The molecule has 0 saturated carbocycles. The maximum absolute atomic E-state index is 12.5. The Morgan fingerprint density at radius 2 is 2.00 bits per heavy atom. The van der Waals surface area contributed by atoms with Gasteiger partial charge in [0.1, 0.15) is 5.75 Å². The van der Waals surface area contributed by atoms with Crippen LogP contribution in [0.25, 0.3) is 0 Å². The van der Waals surface area contributed by atoms with E-state index in [1.54, 1.807) is 11.0 Å². The summed E-state index contributed by atoms with van der Waals surface area (Å²) in [5.41, 5.74) is 0.213. The van der Waals surface area contributed by atoms with Crippen molar-refractivity contribution in [3.63, 3.8) is 0 Å². The van der Waals surface area contributed by atoms with Gasteiger partial charge in [-0.05, 0) is 37.5 Å². The highest BCUT2D eigenvalue weighted by atomic mass is 35.5. The molecule has 5 nitrogen and oxygen atoms in total. The summed E-state index contributed by atoms with van der Waals surface area (Å²) in [4.78, 5) is 26.3. The number of hydrogen-bond donors (Lipinski definition) is 2. The largest absolute Gasteiger partial charge is 0.507 e. The molecule has 2 N–H and O–H groups in total. The number of nitrogens with zero attached hydrogens (tertiary/aromatic N) is 1. The summed E-state index contributed by atoms with van der Waals surface area (Å²) in [6, 6.07) is 4.45. The van der Waals surface area contributed by atoms with Crippen molar-refractivity contribution in [1.29, 1.82) is 0 Å². The fraction of sp³-hybridized carbons (Fsp3) is 0.556. The van der Waals surface area contributed by atoms with Crippen LogP contribution >= 0.6 is 11.6 Å². The van der Waals surface area contributed by atoms with Crippen LogP contribution in [-0.2, 0) is 4.79 Å². The van der Waals surface area contributed by atoms with Crippen LogP contribution in [-0.4, -0.2) is 41.5 Å². The van der Waals surface area contributed by atoms with Crippen molar-refractivity contribution in [2.45, 2.75) is 39.0 Å². The van der Waals surface area contributed by atoms with Gasteiger partial charge in [-0.1, -0.05) is 31.4 Å². The number of nitrogens with one attached hydrogen (secondary N) is 1. The number of hydrogen-bond acceptors (Lipinski definition) is 3. The van der Waals surface area contributed by atoms with E-state index >= 15 is 0 Å². The van der Waals surface area contributed by atoms with Crippen LogP contribution in [0.4, 0.5) is 0 Å².